The topological polar surface area (TPSA) is 0 Å². The molecule has 0 rings (SSSR count). The number of hydrogen-bond donors (Lipinski definition) is 0. The summed E-state index contributed by atoms with van der Waals surface area (Å²) in [4.78, 5) is 0. The van der Waals surface area contributed by atoms with Crippen LogP contribution in [0.3, 0.4) is 0 Å². The fraction of sp³-hybridized carbons (Fsp3) is 1.00. The molecule has 0 saturated carbocycles. The summed E-state index contributed by atoms with van der Waals surface area (Å²) in [5.41, 5.74) is 0. The first-order chi connectivity index (χ1) is 10.6. The summed E-state index contributed by atoms with van der Waals surface area (Å²) in [7, 11) is 4.68. The van der Waals surface area contributed by atoms with E-state index in [4.69, 9.17) is 11.6 Å². The summed E-state index contributed by atoms with van der Waals surface area (Å²) >= 11 is 5.78. The minimum Gasteiger partial charge on any atom is -1.00 e. The average Bonchev–Trinajstić information content (AvgIpc) is 2.50. The summed E-state index contributed by atoms with van der Waals surface area (Å²) in [5.74, 6) is 0.806. The predicted octanol–water partition coefficient (Wildman–Crippen LogP) is 3.79. The van der Waals surface area contributed by atoms with Gasteiger partial charge in [-0.05, 0) is 12.8 Å². The molecule has 0 aliphatic carbocycles. The minimum atomic E-state index is 0. The Labute approximate surface area is 162 Å². The van der Waals surface area contributed by atoms with Gasteiger partial charge in [0, 0.05) is 12.3 Å². The Hall–Kier alpha value is 0.730. The number of unbranched alkanes of at least 4 members (excludes halogenated alkanes) is 12. The summed E-state index contributed by atoms with van der Waals surface area (Å²) < 4.78 is 1.14. The van der Waals surface area contributed by atoms with E-state index in [2.05, 4.69) is 21.0 Å². The minimum absolute atomic E-state index is 0. The number of halogens is 2. The molecule has 0 aromatic heterocycles. The van der Waals surface area contributed by atoms with Gasteiger partial charge in [-0.2, -0.15) is 0 Å². The Kier molecular flexibility index (Phi) is 21.5. The van der Waals surface area contributed by atoms with Gasteiger partial charge in [0.2, 0.25) is 0 Å². The smallest absolute Gasteiger partial charge is 0.0794 e. The van der Waals surface area contributed by atoms with Crippen molar-refractivity contribution >= 4 is 11.6 Å². The van der Waals surface area contributed by atoms with E-state index in [1.807, 2.05) is 0 Å². The molecule has 0 saturated heterocycles. The van der Waals surface area contributed by atoms with Crippen LogP contribution in [0.15, 0.2) is 0 Å². The van der Waals surface area contributed by atoms with Gasteiger partial charge in [-0.25, -0.2) is 0 Å². The third-order valence-electron chi connectivity index (χ3n) is 4.76. The van der Waals surface area contributed by atoms with Gasteiger partial charge in [0.15, 0.2) is 0 Å². The SMILES string of the molecule is CCCCCCCCCCCCCCC[N+](C)(C)CCCCl.[Br-]. The largest absolute Gasteiger partial charge is 1.00 e. The average molecular weight is 413 g/mol. The zero-order chi connectivity index (χ0) is 16.5. The Morgan fingerprint density at radius 1 is 0.565 bits per heavy atom. The molecule has 0 radical (unpaired) electrons. The van der Waals surface area contributed by atoms with Crippen LogP contribution in [0.1, 0.15) is 96.8 Å². The van der Waals surface area contributed by atoms with Gasteiger partial charge in [-0.1, -0.05) is 77.6 Å². The van der Waals surface area contributed by atoms with E-state index in [0.717, 1.165) is 16.8 Å². The van der Waals surface area contributed by atoms with Crippen LogP contribution in [0.4, 0.5) is 0 Å². The van der Waals surface area contributed by atoms with E-state index in [1.54, 1.807) is 0 Å². The molecular weight excluding hydrogens is 370 g/mol. The van der Waals surface area contributed by atoms with Gasteiger partial charge < -0.3 is 21.5 Å². The maximum absolute atomic E-state index is 5.78. The number of rotatable bonds is 17. The molecule has 0 bridgehead atoms. The fourth-order valence-electron chi connectivity index (χ4n) is 3.16. The number of nitrogens with zero attached hydrogens (tertiary/aromatic N) is 1. The number of hydrogen-bond acceptors (Lipinski definition) is 0. The van der Waals surface area contributed by atoms with Crippen molar-refractivity contribution in [2.75, 3.05) is 33.1 Å². The van der Waals surface area contributed by atoms with Crippen LogP contribution >= 0.6 is 11.6 Å². The van der Waals surface area contributed by atoms with Crippen molar-refractivity contribution in [1.29, 1.82) is 0 Å². The Morgan fingerprint density at radius 2 is 0.913 bits per heavy atom. The normalized spacial score (nSPS) is 11.5. The number of alkyl halides is 1. The monoisotopic (exact) mass is 411 g/mol. The van der Waals surface area contributed by atoms with Crippen molar-refractivity contribution in [3.63, 3.8) is 0 Å². The molecule has 0 aromatic rings. The third-order valence-corrected chi connectivity index (χ3v) is 5.03. The van der Waals surface area contributed by atoms with Gasteiger partial charge in [-0.3, -0.25) is 0 Å². The highest BCUT2D eigenvalue weighted by Gasteiger charge is 2.12. The van der Waals surface area contributed by atoms with Crippen LogP contribution in [-0.4, -0.2) is 37.5 Å². The van der Waals surface area contributed by atoms with Crippen molar-refractivity contribution in [2.45, 2.75) is 96.8 Å². The molecule has 0 spiro atoms. The molecule has 0 aliphatic rings. The number of quaternary nitrogens is 1. The van der Waals surface area contributed by atoms with Gasteiger partial charge in [0.05, 0.1) is 27.2 Å². The van der Waals surface area contributed by atoms with Gasteiger partial charge in [0.1, 0.15) is 0 Å². The van der Waals surface area contributed by atoms with Crippen molar-refractivity contribution in [1.82, 2.24) is 0 Å². The standard InChI is InChI=1S/C20H43ClN.BrH/c1-4-5-6-7-8-9-10-11-12-13-14-15-16-19-22(2,3)20-17-18-21;/h4-20H2,1-3H3;1H/q+1;/p-1. The highest BCUT2D eigenvalue weighted by Crippen LogP contribution is 2.13. The quantitative estimate of drug-likeness (QED) is 0.194. The molecule has 0 amide bonds. The molecule has 0 atom stereocenters. The fourth-order valence-corrected chi connectivity index (χ4v) is 3.28. The van der Waals surface area contributed by atoms with Crippen molar-refractivity contribution in [2.24, 2.45) is 0 Å². The molecule has 23 heavy (non-hydrogen) atoms. The Bertz CT molecular complexity index is 222. The van der Waals surface area contributed by atoms with Gasteiger partial charge in [-0.15, -0.1) is 11.6 Å². The molecule has 1 nitrogen and oxygen atoms in total. The first-order valence-corrected chi connectivity index (χ1v) is 10.5. The van der Waals surface area contributed by atoms with Gasteiger partial charge >= 0.3 is 0 Å². The molecule has 0 aliphatic heterocycles. The van der Waals surface area contributed by atoms with Crippen molar-refractivity contribution in [3.05, 3.63) is 0 Å². The summed E-state index contributed by atoms with van der Waals surface area (Å²) in [5, 5.41) is 0. The second-order valence-electron chi connectivity index (χ2n) is 7.67. The lowest BCUT2D eigenvalue weighted by Gasteiger charge is -2.29. The Morgan fingerprint density at radius 3 is 1.30 bits per heavy atom. The summed E-state index contributed by atoms with van der Waals surface area (Å²) in [6.45, 7) is 4.83. The highest BCUT2D eigenvalue weighted by molar-refractivity contribution is 6.17. The zero-order valence-corrected chi connectivity index (χ0v) is 18.6. The molecule has 142 valence electrons. The van der Waals surface area contributed by atoms with E-state index >= 15 is 0 Å². The van der Waals surface area contributed by atoms with Crippen molar-refractivity contribution < 1.29 is 21.5 Å². The van der Waals surface area contributed by atoms with Crippen LogP contribution in [-0.2, 0) is 0 Å². The molecule has 3 heteroatoms. The molecular formula is C20H43BrClN. The van der Waals surface area contributed by atoms with E-state index in [9.17, 15) is 0 Å². The summed E-state index contributed by atoms with van der Waals surface area (Å²) in [6.07, 6.45) is 19.9. The maximum Gasteiger partial charge on any atom is 0.0794 e. The van der Waals surface area contributed by atoms with E-state index in [0.29, 0.717) is 0 Å². The van der Waals surface area contributed by atoms with Crippen LogP contribution in [0.5, 0.6) is 0 Å². The highest BCUT2D eigenvalue weighted by atomic mass is 79.9. The van der Waals surface area contributed by atoms with Crippen LogP contribution in [0, 0.1) is 0 Å². The van der Waals surface area contributed by atoms with E-state index < -0.39 is 0 Å². The first-order valence-electron chi connectivity index (χ1n) is 10.0. The summed E-state index contributed by atoms with van der Waals surface area (Å²) in [6, 6.07) is 0. The van der Waals surface area contributed by atoms with Crippen LogP contribution in [0.2, 0.25) is 0 Å². The molecule has 0 fully saturated rings. The first kappa shape index (κ1) is 26.0. The van der Waals surface area contributed by atoms with E-state index in [-0.39, 0.29) is 17.0 Å². The lowest BCUT2D eigenvalue weighted by molar-refractivity contribution is -0.890. The molecule has 0 aromatic carbocycles. The van der Waals surface area contributed by atoms with E-state index in [1.165, 1.54) is 96.6 Å². The lowest BCUT2D eigenvalue weighted by atomic mass is 10.0. The third kappa shape index (κ3) is 20.7. The molecule has 0 N–H and O–H groups in total. The Balaban J connectivity index is 0. The van der Waals surface area contributed by atoms with Crippen molar-refractivity contribution in [3.8, 4) is 0 Å². The van der Waals surface area contributed by atoms with Gasteiger partial charge in [0.25, 0.3) is 0 Å². The second-order valence-corrected chi connectivity index (χ2v) is 8.05. The predicted molar refractivity (Wildman–Crippen MR) is 103 cm³/mol. The van der Waals surface area contributed by atoms with Crippen LogP contribution < -0.4 is 17.0 Å². The van der Waals surface area contributed by atoms with Crippen LogP contribution in [0.25, 0.3) is 0 Å². The lowest BCUT2D eigenvalue weighted by Crippen LogP contribution is -3.00. The second kappa shape index (κ2) is 19.1. The zero-order valence-electron chi connectivity index (χ0n) is 16.2. The molecule has 0 heterocycles. The maximum atomic E-state index is 5.78. The molecule has 0 unspecified atom stereocenters.